The lowest BCUT2D eigenvalue weighted by Gasteiger charge is -2.05. The van der Waals surface area contributed by atoms with Gasteiger partial charge in [-0.05, 0) is 29.2 Å². The van der Waals surface area contributed by atoms with Crippen LogP contribution < -0.4 is 10.5 Å². The quantitative estimate of drug-likeness (QED) is 0.744. The summed E-state index contributed by atoms with van der Waals surface area (Å²) in [7, 11) is 1.57. The Bertz CT molecular complexity index is 338. The van der Waals surface area contributed by atoms with E-state index in [9.17, 15) is 0 Å². The van der Waals surface area contributed by atoms with E-state index in [0.29, 0.717) is 16.5 Å². The number of thiol groups is 1. The van der Waals surface area contributed by atoms with Crippen LogP contribution in [-0.4, -0.2) is 7.11 Å². The molecule has 0 aliphatic heterocycles. The van der Waals surface area contributed by atoms with Crippen molar-refractivity contribution in [1.29, 1.82) is 0 Å². The first-order valence-electron chi connectivity index (χ1n) is 3.62. The molecule has 0 aliphatic rings. The summed E-state index contributed by atoms with van der Waals surface area (Å²) < 4.78 is 5.00. The smallest absolute Gasteiger partial charge is 0.137 e. The SMILES string of the molecule is COc1ccc(/C(N)=C/S)cc1Cl. The van der Waals surface area contributed by atoms with Crippen LogP contribution in [0.25, 0.3) is 5.70 Å². The third-order valence-electron chi connectivity index (χ3n) is 1.62. The number of halogens is 1. The van der Waals surface area contributed by atoms with Crippen molar-refractivity contribution in [3.8, 4) is 5.75 Å². The molecule has 70 valence electrons. The van der Waals surface area contributed by atoms with Crippen LogP contribution in [0.5, 0.6) is 5.75 Å². The van der Waals surface area contributed by atoms with Gasteiger partial charge in [0.2, 0.25) is 0 Å². The second kappa shape index (κ2) is 4.44. The third kappa shape index (κ3) is 2.32. The number of rotatable bonds is 2. The van der Waals surface area contributed by atoms with Gasteiger partial charge in [-0.2, -0.15) is 0 Å². The van der Waals surface area contributed by atoms with E-state index in [1.54, 1.807) is 19.2 Å². The molecule has 0 radical (unpaired) electrons. The van der Waals surface area contributed by atoms with Crippen LogP contribution in [0.4, 0.5) is 0 Å². The highest BCUT2D eigenvalue weighted by Gasteiger charge is 2.02. The van der Waals surface area contributed by atoms with Crippen LogP contribution in [0.2, 0.25) is 5.02 Å². The molecule has 4 heteroatoms. The zero-order valence-corrected chi connectivity index (χ0v) is 8.77. The van der Waals surface area contributed by atoms with Crippen molar-refractivity contribution in [1.82, 2.24) is 0 Å². The van der Waals surface area contributed by atoms with E-state index < -0.39 is 0 Å². The van der Waals surface area contributed by atoms with Gasteiger partial charge in [0.15, 0.2) is 0 Å². The molecule has 1 rings (SSSR count). The molecule has 2 N–H and O–H groups in total. The minimum Gasteiger partial charge on any atom is -0.495 e. The van der Waals surface area contributed by atoms with E-state index in [1.165, 1.54) is 5.41 Å². The molecule has 0 saturated heterocycles. The lowest BCUT2D eigenvalue weighted by molar-refractivity contribution is 0.415. The molecule has 2 nitrogen and oxygen atoms in total. The highest BCUT2D eigenvalue weighted by molar-refractivity contribution is 7.83. The summed E-state index contributed by atoms with van der Waals surface area (Å²) in [5, 5.41) is 2.07. The van der Waals surface area contributed by atoms with Crippen LogP contribution in [0.3, 0.4) is 0 Å². The van der Waals surface area contributed by atoms with E-state index in [1.807, 2.05) is 6.07 Å². The summed E-state index contributed by atoms with van der Waals surface area (Å²) in [6.07, 6.45) is 0. The highest BCUT2D eigenvalue weighted by Crippen LogP contribution is 2.26. The van der Waals surface area contributed by atoms with E-state index in [-0.39, 0.29) is 0 Å². The fourth-order valence-electron chi connectivity index (χ4n) is 0.920. The van der Waals surface area contributed by atoms with E-state index in [2.05, 4.69) is 12.6 Å². The second-order valence-corrected chi connectivity index (χ2v) is 3.10. The van der Waals surface area contributed by atoms with Gasteiger partial charge in [-0.15, -0.1) is 12.6 Å². The molecule has 0 atom stereocenters. The van der Waals surface area contributed by atoms with Gasteiger partial charge in [0, 0.05) is 5.70 Å². The minimum absolute atomic E-state index is 0.540. The van der Waals surface area contributed by atoms with Crippen molar-refractivity contribution in [2.45, 2.75) is 0 Å². The monoisotopic (exact) mass is 215 g/mol. The van der Waals surface area contributed by atoms with Crippen molar-refractivity contribution in [2.75, 3.05) is 7.11 Å². The summed E-state index contributed by atoms with van der Waals surface area (Å²) >= 11 is 9.85. The number of hydrogen-bond donors (Lipinski definition) is 2. The van der Waals surface area contributed by atoms with Crippen LogP contribution >= 0.6 is 24.2 Å². The first kappa shape index (κ1) is 10.3. The Morgan fingerprint density at radius 1 is 1.62 bits per heavy atom. The normalized spacial score (nSPS) is 11.5. The zero-order valence-electron chi connectivity index (χ0n) is 7.12. The maximum absolute atomic E-state index is 5.90. The lowest BCUT2D eigenvalue weighted by Crippen LogP contribution is -1.95. The summed E-state index contributed by atoms with van der Waals surface area (Å²) in [4.78, 5) is 0. The first-order chi connectivity index (χ1) is 6.19. The molecule has 0 amide bonds. The van der Waals surface area contributed by atoms with Crippen LogP contribution in [0, 0.1) is 0 Å². The van der Waals surface area contributed by atoms with Gasteiger partial charge >= 0.3 is 0 Å². The number of methoxy groups -OCH3 is 1. The Balaban J connectivity index is 3.10. The van der Waals surface area contributed by atoms with Crippen molar-refractivity contribution in [3.05, 3.63) is 34.2 Å². The Hall–Kier alpha value is -0.800. The Morgan fingerprint density at radius 2 is 2.31 bits per heavy atom. The molecule has 0 fully saturated rings. The van der Waals surface area contributed by atoms with E-state index in [4.69, 9.17) is 22.1 Å². The van der Waals surface area contributed by atoms with Crippen molar-refractivity contribution >= 4 is 29.9 Å². The molecule has 0 unspecified atom stereocenters. The van der Waals surface area contributed by atoms with Gasteiger partial charge in [0.05, 0.1) is 12.1 Å². The fourth-order valence-corrected chi connectivity index (χ4v) is 1.33. The molecule has 1 aromatic rings. The Morgan fingerprint density at radius 3 is 2.77 bits per heavy atom. The Kier molecular flexibility index (Phi) is 3.51. The van der Waals surface area contributed by atoms with Crippen LogP contribution in [0.1, 0.15) is 5.56 Å². The summed E-state index contributed by atoms with van der Waals surface area (Å²) in [6.45, 7) is 0. The van der Waals surface area contributed by atoms with E-state index >= 15 is 0 Å². The zero-order chi connectivity index (χ0) is 9.84. The van der Waals surface area contributed by atoms with Crippen LogP contribution in [0.15, 0.2) is 23.6 Å². The molecule has 13 heavy (non-hydrogen) atoms. The summed E-state index contributed by atoms with van der Waals surface area (Å²) in [5.74, 6) is 0.636. The van der Waals surface area contributed by atoms with Crippen LogP contribution in [-0.2, 0) is 0 Å². The third-order valence-corrected chi connectivity index (χ3v) is 2.20. The maximum Gasteiger partial charge on any atom is 0.137 e. The molecular formula is C9H10ClNOS. The Labute approximate surface area is 87.7 Å². The standard InChI is InChI=1S/C9H10ClNOS/c1-12-9-3-2-6(4-7(9)10)8(11)5-13/h2-5,13H,11H2,1H3/b8-5-. The molecule has 0 heterocycles. The lowest BCUT2D eigenvalue weighted by atomic mass is 10.2. The second-order valence-electron chi connectivity index (χ2n) is 2.43. The molecule has 1 aromatic carbocycles. The number of benzene rings is 1. The average Bonchev–Trinajstić information content (AvgIpc) is 2.16. The highest BCUT2D eigenvalue weighted by atomic mass is 35.5. The largest absolute Gasteiger partial charge is 0.495 e. The molecular weight excluding hydrogens is 206 g/mol. The number of nitrogens with two attached hydrogens (primary N) is 1. The topological polar surface area (TPSA) is 35.2 Å². The molecule has 0 aromatic heterocycles. The number of ether oxygens (including phenoxy) is 1. The van der Waals surface area contributed by atoms with E-state index in [0.717, 1.165) is 5.56 Å². The van der Waals surface area contributed by atoms with Gasteiger partial charge in [-0.1, -0.05) is 11.6 Å². The average molecular weight is 216 g/mol. The van der Waals surface area contributed by atoms with Gasteiger partial charge in [0.1, 0.15) is 5.75 Å². The summed E-state index contributed by atoms with van der Waals surface area (Å²) in [5.41, 5.74) is 7.05. The van der Waals surface area contributed by atoms with Crippen molar-refractivity contribution in [2.24, 2.45) is 5.73 Å². The fraction of sp³-hybridized carbons (Fsp3) is 0.111. The minimum atomic E-state index is 0.540. The van der Waals surface area contributed by atoms with Gasteiger partial charge in [-0.25, -0.2) is 0 Å². The van der Waals surface area contributed by atoms with Crippen molar-refractivity contribution < 1.29 is 4.74 Å². The maximum atomic E-state index is 5.90. The number of hydrogen-bond acceptors (Lipinski definition) is 3. The molecule has 0 saturated carbocycles. The first-order valence-corrected chi connectivity index (χ1v) is 4.52. The molecule has 0 bridgehead atoms. The predicted octanol–water partition coefficient (Wildman–Crippen LogP) is 2.54. The van der Waals surface area contributed by atoms with Crippen molar-refractivity contribution in [3.63, 3.8) is 0 Å². The molecule has 0 spiro atoms. The van der Waals surface area contributed by atoms with Gasteiger partial charge in [-0.3, -0.25) is 0 Å². The van der Waals surface area contributed by atoms with Gasteiger partial charge in [0.25, 0.3) is 0 Å². The van der Waals surface area contributed by atoms with Gasteiger partial charge < -0.3 is 10.5 Å². The predicted molar refractivity (Wildman–Crippen MR) is 59.2 cm³/mol. The molecule has 0 aliphatic carbocycles. The summed E-state index contributed by atoms with van der Waals surface area (Å²) in [6, 6.07) is 5.33.